The third kappa shape index (κ3) is 5.92. The van der Waals surface area contributed by atoms with E-state index in [9.17, 15) is 14.4 Å². The van der Waals surface area contributed by atoms with E-state index in [0.717, 1.165) is 4.90 Å². The molecule has 3 amide bonds. The molecule has 90 valence electrons. The van der Waals surface area contributed by atoms with Gasteiger partial charge in [0.2, 0.25) is 12.3 Å². The summed E-state index contributed by atoms with van der Waals surface area (Å²) in [6.07, 6.45) is 3.05. The average molecular weight is 228 g/mol. The number of rotatable bonds is 7. The summed E-state index contributed by atoms with van der Waals surface area (Å²) in [5, 5.41) is 2.50. The van der Waals surface area contributed by atoms with Crippen molar-refractivity contribution in [1.29, 1.82) is 0 Å². The standard InChI is InChI=1S/C10H16N2O4/c1-3-4-10(15)12(8-13)7-9(14)11-5-6-16-2/h3-4,8H,5-7H2,1-2H3,(H,11,14)/b4-3-. The van der Waals surface area contributed by atoms with Crippen LogP contribution in [0.5, 0.6) is 0 Å². The summed E-state index contributed by atoms with van der Waals surface area (Å²) in [6, 6.07) is 0. The van der Waals surface area contributed by atoms with Crippen molar-refractivity contribution in [3.8, 4) is 0 Å². The molecule has 0 aliphatic heterocycles. The molecule has 0 rings (SSSR count). The van der Waals surface area contributed by atoms with Crippen LogP contribution in [0.2, 0.25) is 0 Å². The van der Waals surface area contributed by atoms with Gasteiger partial charge >= 0.3 is 0 Å². The molecule has 1 N–H and O–H groups in total. The number of allylic oxidation sites excluding steroid dienone is 1. The highest BCUT2D eigenvalue weighted by atomic mass is 16.5. The molecule has 0 unspecified atom stereocenters. The van der Waals surface area contributed by atoms with Crippen LogP contribution in [0.25, 0.3) is 0 Å². The maximum atomic E-state index is 11.3. The summed E-state index contributed by atoms with van der Waals surface area (Å²) in [6.45, 7) is 2.10. The predicted molar refractivity (Wildman–Crippen MR) is 57.5 cm³/mol. The Morgan fingerprint density at radius 3 is 2.62 bits per heavy atom. The van der Waals surface area contributed by atoms with E-state index in [2.05, 4.69) is 5.32 Å². The monoisotopic (exact) mass is 228 g/mol. The Kier molecular flexibility index (Phi) is 7.70. The summed E-state index contributed by atoms with van der Waals surface area (Å²) in [5.41, 5.74) is 0. The van der Waals surface area contributed by atoms with Crippen LogP contribution in [0.15, 0.2) is 12.2 Å². The van der Waals surface area contributed by atoms with E-state index in [0.29, 0.717) is 19.6 Å². The summed E-state index contributed by atoms with van der Waals surface area (Å²) >= 11 is 0. The van der Waals surface area contributed by atoms with E-state index >= 15 is 0 Å². The summed E-state index contributed by atoms with van der Waals surface area (Å²) in [7, 11) is 1.51. The van der Waals surface area contributed by atoms with Gasteiger partial charge in [-0.1, -0.05) is 6.08 Å². The predicted octanol–water partition coefficient (Wildman–Crippen LogP) is -0.690. The summed E-state index contributed by atoms with van der Waals surface area (Å²) < 4.78 is 4.73. The van der Waals surface area contributed by atoms with E-state index in [4.69, 9.17) is 4.74 Å². The van der Waals surface area contributed by atoms with Gasteiger partial charge in [-0.05, 0) is 13.0 Å². The quantitative estimate of drug-likeness (QED) is 0.355. The van der Waals surface area contributed by atoms with Gasteiger partial charge in [-0.15, -0.1) is 0 Å². The maximum absolute atomic E-state index is 11.3. The molecule has 0 aromatic carbocycles. The molecule has 0 fully saturated rings. The van der Waals surface area contributed by atoms with E-state index in [1.807, 2.05) is 0 Å². The Balaban J connectivity index is 4.06. The topological polar surface area (TPSA) is 75.7 Å². The lowest BCUT2D eigenvalue weighted by Gasteiger charge is -2.12. The van der Waals surface area contributed by atoms with Gasteiger partial charge < -0.3 is 10.1 Å². The van der Waals surface area contributed by atoms with Crippen LogP contribution in [-0.2, 0) is 19.1 Å². The Hall–Kier alpha value is -1.69. The number of methoxy groups -OCH3 is 1. The molecule has 0 heterocycles. The lowest BCUT2D eigenvalue weighted by Crippen LogP contribution is -2.40. The van der Waals surface area contributed by atoms with Gasteiger partial charge in [-0.3, -0.25) is 19.3 Å². The molecule has 0 saturated heterocycles. The minimum absolute atomic E-state index is 0.281. The molecule has 16 heavy (non-hydrogen) atoms. The third-order valence-electron chi connectivity index (χ3n) is 1.66. The van der Waals surface area contributed by atoms with Gasteiger partial charge in [0.1, 0.15) is 6.54 Å². The largest absolute Gasteiger partial charge is 0.383 e. The molecule has 0 aromatic rings. The van der Waals surface area contributed by atoms with E-state index in [1.165, 1.54) is 19.3 Å². The minimum atomic E-state index is -0.514. The molecule has 0 aliphatic rings. The minimum Gasteiger partial charge on any atom is -0.383 e. The third-order valence-corrected chi connectivity index (χ3v) is 1.66. The average Bonchev–Trinajstić information content (AvgIpc) is 2.26. The number of imide groups is 1. The fourth-order valence-electron chi connectivity index (χ4n) is 0.909. The summed E-state index contributed by atoms with van der Waals surface area (Å²) in [4.78, 5) is 33.8. The van der Waals surface area contributed by atoms with Crippen molar-refractivity contribution in [2.75, 3.05) is 26.8 Å². The smallest absolute Gasteiger partial charge is 0.253 e. The van der Waals surface area contributed by atoms with Gasteiger partial charge in [0.25, 0.3) is 5.91 Å². The second-order valence-corrected chi connectivity index (χ2v) is 2.91. The molecule has 0 aromatic heterocycles. The Morgan fingerprint density at radius 2 is 2.12 bits per heavy atom. The second kappa shape index (κ2) is 8.60. The van der Waals surface area contributed by atoms with E-state index in [-0.39, 0.29) is 6.54 Å². The van der Waals surface area contributed by atoms with Gasteiger partial charge in [-0.2, -0.15) is 0 Å². The van der Waals surface area contributed by atoms with Crippen LogP contribution in [0.1, 0.15) is 6.92 Å². The Morgan fingerprint density at radius 1 is 1.44 bits per heavy atom. The molecule has 0 radical (unpaired) electrons. The molecule has 0 atom stereocenters. The zero-order chi connectivity index (χ0) is 12.4. The summed E-state index contributed by atoms with van der Waals surface area (Å²) in [5.74, 6) is -0.915. The Labute approximate surface area is 94.2 Å². The van der Waals surface area contributed by atoms with Gasteiger partial charge in [-0.25, -0.2) is 0 Å². The number of carbonyl (C=O) groups excluding carboxylic acids is 3. The number of nitrogens with zero attached hydrogens (tertiary/aromatic N) is 1. The van der Waals surface area contributed by atoms with Crippen molar-refractivity contribution in [1.82, 2.24) is 10.2 Å². The first kappa shape index (κ1) is 14.3. The first-order chi connectivity index (χ1) is 7.65. The molecular weight excluding hydrogens is 212 g/mol. The number of ether oxygens (including phenoxy) is 1. The lowest BCUT2D eigenvalue weighted by molar-refractivity contribution is -0.139. The van der Waals surface area contributed by atoms with Crippen molar-refractivity contribution in [3.05, 3.63) is 12.2 Å². The van der Waals surface area contributed by atoms with Crippen LogP contribution in [0.3, 0.4) is 0 Å². The molecule has 0 aliphatic carbocycles. The van der Waals surface area contributed by atoms with Crippen LogP contribution in [0.4, 0.5) is 0 Å². The highest BCUT2D eigenvalue weighted by Crippen LogP contribution is 1.87. The van der Waals surface area contributed by atoms with Gasteiger partial charge in [0.05, 0.1) is 6.61 Å². The van der Waals surface area contributed by atoms with Crippen LogP contribution >= 0.6 is 0 Å². The highest BCUT2D eigenvalue weighted by molar-refractivity contribution is 5.97. The molecule has 0 spiro atoms. The molecular formula is C10H16N2O4. The first-order valence-corrected chi connectivity index (χ1v) is 4.80. The van der Waals surface area contributed by atoms with Crippen molar-refractivity contribution >= 4 is 18.2 Å². The molecule has 6 nitrogen and oxygen atoms in total. The second-order valence-electron chi connectivity index (χ2n) is 2.91. The molecule has 6 heteroatoms. The number of nitrogens with one attached hydrogen (secondary N) is 1. The van der Waals surface area contributed by atoms with Crippen LogP contribution < -0.4 is 5.32 Å². The number of hydrogen-bond donors (Lipinski definition) is 1. The first-order valence-electron chi connectivity index (χ1n) is 4.80. The van der Waals surface area contributed by atoms with Crippen LogP contribution in [-0.4, -0.2) is 49.9 Å². The van der Waals surface area contributed by atoms with Crippen molar-refractivity contribution in [2.45, 2.75) is 6.92 Å². The van der Waals surface area contributed by atoms with Crippen molar-refractivity contribution in [3.63, 3.8) is 0 Å². The van der Waals surface area contributed by atoms with E-state index in [1.54, 1.807) is 6.92 Å². The molecule has 0 bridgehead atoms. The highest BCUT2D eigenvalue weighted by Gasteiger charge is 2.13. The molecule has 0 saturated carbocycles. The number of amides is 3. The van der Waals surface area contributed by atoms with Gasteiger partial charge in [0.15, 0.2) is 0 Å². The zero-order valence-corrected chi connectivity index (χ0v) is 9.43. The maximum Gasteiger partial charge on any atom is 0.253 e. The van der Waals surface area contributed by atoms with Crippen molar-refractivity contribution in [2.24, 2.45) is 0 Å². The van der Waals surface area contributed by atoms with Crippen LogP contribution in [0, 0.1) is 0 Å². The number of carbonyl (C=O) groups is 3. The normalized spacial score (nSPS) is 10.1. The SMILES string of the molecule is C/C=C\C(=O)N(C=O)CC(=O)NCCOC. The Bertz CT molecular complexity index is 276. The van der Waals surface area contributed by atoms with Crippen molar-refractivity contribution < 1.29 is 19.1 Å². The fraction of sp³-hybridized carbons (Fsp3) is 0.500. The zero-order valence-electron chi connectivity index (χ0n) is 9.43. The lowest BCUT2D eigenvalue weighted by atomic mass is 10.4. The van der Waals surface area contributed by atoms with E-state index < -0.39 is 11.8 Å². The number of hydrogen-bond acceptors (Lipinski definition) is 4. The fourth-order valence-corrected chi connectivity index (χ4v) is 0.909. The van der Waals surface area contributed by atoms with Gasteiger partial charge in [0, 0.05) is 13.7 Å².